The van der Waals surface area contributed by atoms with Crippen LogP contribution in [0.25, 0.3) is 12.2 Å². The molecule has 18 heavy (non-hydrogen) atoms. The number of benzene rings is 1. The molecule has 0 amide bonds. The number of aryl methyl sites for hydroxylation is 1. The van der Waals surface area contributed by atoms with E-state index in [0.717, 1.165) is 5.56 Å². The fourth-order valence-corrected chi connectivity index (χ4v) is 1.49. The monoisotopic (exact) mass is 237 g/mol. The van der Waals surface area contributed by atoms with Crippen molar-refractivity contribution in [1.29, 1.82) is 5.26 Å². The predicted octanol–water partition coefficient (Wildman–Crippen LogP) is 2.53. The Hall–Kier alpha value is -2.67. The summed E-state index contributed by atoms with van der Waals surface area (Å²) in [7, 11) is 0. The van der Waals surface area contributed by atoms with Crippen LogP contribution in [0.15, 0.2) is 30.3 Å². The van der Waals surface area contributed by atoms with Gasteiger partial charge >= 0.3 is 0 Å². The van der Waals surface area contributed by atoms with Crippen molar-refractivity contribution in [3.63, 3.8) is 0 Å². The molecule has 0 spiro atoms. The molecular weight excluding hydrogens is 226 g/mol. The van der Waals surface area contributed by atoms with E-state index in [4.69, 9.17) is 5.26 Å². The van der Waals surface area contributed by atoms with Crippen molar-refractivity contribution in [2.24, 2.45) is 0 Å². The van der Waals surface area contributed by atoms with Gasteiger partial charge in [0.1, 0.15) is 0 Å². The number of aromatic nitrogens is 2. The zero-order chi connectivity index (χ0) is 13.0. The lowest BCUT2D eigenvalue weighted by Gasteiger charge is -1.97. The molecule has 0 fully saturated rings. The van der Waals surface area contributed by atoms with Crippen LogP contribution in [-0.4, -0.2) is 15.1 Å². The normalized spacial score (nSPS) is 10.4. The third kappa shape index (κ3) is 2.92. The molecular formula is C14H11N3O. The van der Waals surface area contributed by atoms with Gasteiger partial charge in [0, 0.05) is 11.8 Å². The van der Waals surface area contributed by atoms with Gasteiger partial charge in [0.2, 0.25) is 5.88 Å². The maximum absolute atomic E-state index is 9.34. The Morgan fingerprint density at radius 2 is 1.89 bits per heavy atom. The Morgan fingerprint density at radius 1 is 1.17 bits per heavy atom. The van der Waals surface area contributed by atoms with E-state index in [1.54, 1.807) is 25.1 Å². The van der Waals surface area contributed by atoms with Crippen molar-refractivity contribution in [2.45, 2.75) is 6.92 Å². The number of rotatable bonds is 2. The van der Waals surface area contributed by atoms with Crippen LogP contribution in [0, 0.1) is 18.3 Å². The van der Waals surface area contributed by atoms with Crippen LogP contribution in [-0.2, 0) is 0 Å². The highest BCUT2D eigenvalue weighted by Gasteiger charge is 1.97. The summed E-state index contributed by atoms with van der Waals surface area (Å²) in [4.78, 5) is 8.06. The molecule has 4 nitrogen and oxygen atoms in total. The molecule has 0 aliphatic carbocycles. The van der Waals surface area contributed by atoms with E-state index < -0.39 is 0 Å². The minimum absolute atomic E-state index is 0.0398. The van der Waals surface area contributed by atoms with Crippen LogP contribution < -0.4 is 0 Å². The molecule has 2 aromatic rings. The van der Waals surface area contributed by atoms with Gasteiger partial charge in [-0.1, -0.05) is 18.2 Å². The maximum atomic E-state index is 9.34. The first-order valence-corrected chi connectivity index (χ1v) is 5.40. The van der Waals surface area contributed by atoms with Crippen molar-refractivity contribution in [2.75, 3.05) is 0 Å². The molecule has 1 N–H and O–H groups in total. The quantitative estimate of drug-likeness (QED) is 0.871. The molecule has 1 aromatic heterocycles. The standard InChI is InChI=1S/C14H11N3O/c1-10-8-14(18)17-13(16-10)7-6-11-2-4-12(9-15)5-3-11/h2-8H,1H3,(H,16,17,18). The van der Waals surface area contributed by atoms with E-state index in [1.165, 1.54) is 6.07 Å². The molecule has 1 aromatic carbocycles. The van der Waals surface area contributed by atoms with Crippen molar-refractivity contribution in [3.05, 3.63) is 53.0 Å². The van der Waals surface area contributed by atoms with Gasteiger partial charge in [0.25, 0.3) is 0 Å². The molecule has 0 unspecified atom stereocenters. The van der Waals surface area contributed by atoms with Crippen LogP contribution >= 0.6 is 0 Å². The second-order valence-corrected chi connectivity index (χ2v) is 3.79. The highest BCUT2D eigenvalue weighted by Crippen LogP contribution is 2.10. The fraction of sp³-hybridized carbons (Fsp3) is 0.0714. The van der Waals surface area contributed by atoms with Crippen LogP contribution in [0.3, 0.4) is 0 Å². The van der Waals surface area contributed by atoms with Gasteiger partial charge in [0.05, 0.1) is 11.6 Å². The number of hydrogen-bond acceptors (Lipinski definition) is 4. The molecule has 0 saturated carbocycles. The highest BCUT2D eigenvalue weighted by molar-refractivity contribution is 5.67. The summed E-state index contributed by atoms with van der Waals surface area (Å²) in [6.45, 7) is 1.79. The lowest BCUT2D eigenvalue weighted by Crippen LogP contribution is -1.89. The van der Waals surface area contributed by atoms with Crippen molar-refractivity contribution >= 4 is 12.2 Å². The third-order valence-electron chi connectivity index (χ3n) is 2.32. The maximum Gasteiger partial charge on any atom is 0.214 e. The predicted molar refractivity (Wildman–Crippen MR) is 68.5 cm³/mol. The van der Waals surface area contributed by atoms with E-state index in [2.05, 4.69) is 16.0 Å². The van der Waals surface area contributed by atoms with Gasteiger partial charge in [0.15, 0.2) is 5.82 Å². The minimum atomic E-state index is -0.0398. The summed E-state index contributed by atoms with van der Waals surface area (Å²) < 4.78 is 0. The first kappa shape index (κ1) is 11.8. The van der Waals surface area contributed by atoms with Crippen LogP contribution in [0.4, 0.5) is 0 Å². The summed E-state index contributed by atoms with van der Waals surface area (Å²) in [6.07, 6.45) is 3.55. The summed E-state index contributed by atoms with van der Waals surface area (Å²) in [5.74, 6) is 0.416. The Kier molecular flexibility index (Phi) is 3.35. The van der Waals surface area contributed by atoms with Crippen LogP contribution in [0.1, 0.15) is 22.6 Å². The first-order chi connectivity index (χ1) is 8.67. The molecule has 1 heterocycles. The largest absolute Gasteiger partial charge is 0.493 e. The van der Waals surface area contributed by atoms with Crippen LogP contribution in [0.5, 0.6) is 5.88 Å². The molecule has 0 saturated heterocycles. The fourth-order valence-electron chi connectivity index (χ4n) is 1.49. The lowest BCUT2D eigenvalue weighted by molar-refractivity contribution is 0.450. The van der Waals surface area contributed by atoms with Gasteiger partial charge in [-0.3, -0.25) is 0 Å². The van der Waals surface area contributed by atoms with Crippen molar-refractivity contribution < 1.29 is 5.11 Å². The Labute approximate surface area is 105 Å². The van der Waals surface area contributed by atoms with E-state index in [1.807, 2.05) is 18.2 Å². The summed E-state index contributed by atoms with van der Waals surface area (Å²) in [5.41, 5.74) is 2.28. The highest BCUT2D eigenvalue weighted by atomic mass is 16.3. The van der Waals surface area contributed by atoms with Crippen molar-refractivity contribution in [3.8, 4) is 11.9 Å². The molecule has 0 aliphatic heterocycles. The van der Waals surface area contributed by atoms with Gasteiger partial charge in [-0.25, -0.2) is 4.98 Å². The number of nitrogens with zero attached hydrogens (tertiary/aromatic N) is 3. The van der Waals surface area contributed by atoms with Crippen molar-refractivity contribution in [1.82, 2.24) is 9.97 Å². The number of nitriles is 1. The van der Waals surface area contributed by atoms with E-state index in [9.17, 15) is 5.11 Å². The molecule has 0 bridgehead atoms. The van der Waals surface area contributed by atoms with Gasteiger partial charge in [-0.05, 0) is 30.7 Å². The number of aromatic hydroxyl groups is 1. The molecule has 4 heteroatoms. The second kappa shape index (κ2) is 5.11. The molecule has 0 atom stereocenters. The van der Waals surface area contributed by atoms with E-state index in [-0.39, 0.29) is 5.88 Å². The average Bonchev–Trinajstić information content (AvgIpc) is 2.36. The lowest BCUT2D eigenvalue weighted by atomic mass is 10.1. The van der Waals surface area contributed by atoms with Gasteiger partial charge in [-0.2, -0.15) is 10.2 Å². The Bertz CT molecular complexity index is 604. The molecule has 2 rings (SSSR count). The Morgan fingerprint density at radius 3 is 2.50 bits per heavy atom. The van der Waals surface area contributed by atoms with Gasteiger partial charge < -0.3 is 5.11 Å². The van der Waals surface area contributed by atoms with Crippen LogP contribution in [0.2, 0.25) is 0 Å². The van der Waals surface area contributed by atoms with Gasteiger partial charge in [-0.15, -0.1) is 0 Å². The molecule has 88 valence electrons. The average molecular weight is 237 g/mol. The minimum Gasteiger partial charge on any atom is -0.493 e. The summed E-state index contributed by atoms with van der Waals surface area (Å²) >= 11 is 0. The zero-order valence-electron chi connectivity index (χ0n) is 9.83. The smallest absolute Gasteiger partial charge is 0.214 e. The molecule has 0 radical (unpaired) electrons. The molecule has 0 aliphatic rings. The summed E-state index contributed by atoms with van der Waals surface area (Å²) in [6, 6.07) is 10.7. The topological polar surface area (TPSA) is 69.8 Å². The number of hydrogen-bond donors (Lipinski definition) is 1. The summed E-state index contributed by atoms with van der Waals surface area (Å²) in [5, 5.41) is 18.0. The SMILES string of the molecule is Cc1cc(O)nc(C=Cc2ccc(C#N)cc2)n1. The second-order valence-electron chi connectivity index (χ2n) is 3.79. The van der Waals surface area contributed by atoms with E-state index >= 15 is 0 Å². The zero-order valence-corrected chi connectivity index (χ0v) is 9.83. The Balaban J connectivity index is 2.21. The van der Waals surface area contributed by atoms with E-state index in [0.29, 0.717) is 17.1 Å². The third-order valence-corrected chi connectivity index (χ3v) is 2.32. The first-order valence-electron chi connectivity index (χ1n) is 5.40.